The zero-order valence-corrected chi connectivity index (χ0v) is 8.09. The molecule has 4 heteroatoms. The Bertz CT molecular complexity index is 344. The highest BCUT2D eigenvalue weighted by Gasteiger charge is 2.30. The zero-order valence-electron chi connectivity index (χ0n) is 8.09. The summed E-state index contributed by atoms with van der Waals surface area (Å²) in [7, 11) is 0. The van der Waals surface area contributed by atoms with Gasteiger partial charge in [0.15, 0.2) is 0 Å². The average molecular weight is 215 g/mol. The van der Waals surface area contributed by atoms with Crippen molar-refractivity contribution >= 4 is 0 Å². The summed E-state index contributed by atoms with van der Waals surface area (Å²) in [5.41, 5.74) is 5.49. The third kappa shape index (κ3) is 3.09. The quantitative estimate of drug-likeness (QED) is 0.769. The van der Waals surface area contributed by atoms with E-state index in [0.717, 1.165) is 12.1 Å². The first-order valence-electron chi connectivity index (χ1n) is 4.49. The molecule has 0 aromatic heterocycles. The van der Waals surface area contributed by atoms with Gasteiger partial charge in [-0.25, -0.2) is 0 Å². The molecular formula is C11H12F3N. The number of rotatable bonds is 3. The summed E-state index contributed by atoms with van der Waals surface area (Å²) in [6, 6.07) is 4.63. The van der Waals surface area contributed by atoms with Gasteiger partial charge in [-0.05, 0) is 24.1 Å². The summed E-state index contributed by atoms with van der Waals surface area (Å²) in [5.74, 6) is 0. The minimum absolute atomic E-state index is 0.426. The smallest absolute Gasteiger partial charge is 0.324 e. The molecule has 0 saturated carbocycles. The lowest BCUT2D eigenvalue weighted by molar-refractivity contribution is -0.137. The molecule has 0 fully saturated rings. The van der Waals surface area contributed by atoms with Crippen LogP contribution in [0.4, 0.5) is 13.2 Å². The molecule has 82 valence electrons. The summed E-state index contributed by atoms with van der Waals surface area (Å²) in [6.07, 6.45) is -2.27. The largest absolute Gasteiger partial charge is 0.416 e. The van der Waals surface area contributed by atoms with Crippen LogP contribution in [-0.2, 0) is 6.18 Å². The zero-order chi connectivity index (χ0) is 11.5. The minimum Gasteiger partial charge on any atom is -0.324 e. The van der Waals surface area contributed by atoms with Crippen LogP contribution in [0.1, 0.15) is 23.6 Å². The molecule has 1 atom stereocenters. The molecule has 1 nitrogen and oxygen atoms in total. The fraction of sp³-hybridized carbons (Fsp3) is 0.273. The molecule has 15 heavy (non-hydrogen) atoms. The van der Waals surface area contributed by atoms with E-state index < -0.39 is 17.8 Å². The first-order chi connectivity index (χ1) is 6.95. The van der Waals surface area contributed by atoms with Gasteiger partial charge in [0, 0.05) is 6.04 Å². The van der Waals surface area contributed by atoms with Crippen molar-refractivity contribution in [1.82, 2.24) is 0 Å². The van der Waals surface area contributed by atoms with Crippen molar-refractivity contribution in [1.29, 1.82) is 0 Å². The highest BCUT2D eigenvalue weighted by molar-refractivity contribution is 5.28. The third-order valence-electron chi connectivity index (χ3n) is 2.06. The predicted octanol–water partition coefficient (Wildman–Crippen LogP) is 3.28. The Labute approximate surface area is 86.4 Å². The lowest BCUT2D eigenvalue weighted by Gasteiger charge is -2.12. The molecule has 0 saturated heterocycles. The van der Waals surface area contributed by atoms with Crippen LogP contribution in [0, 0.1) is 0 Å². The van der Waals surface area contributed by atoms with Crippen LogP contribution in [0.5, 0.6) is 0 Å². The summed E-state index contributed by atoms with van der Waals surface area (Å²) in [6.45, 7) is 3.50. The van der Waals surface area contributed by atoms with Crippen LogP contribution in [0.2, 0.25) is 0 Å². The van der Waals surface area contributed by atoms with Crippen molar-refractivity contribution < 1.29 is 13.2 Å². The molecule has 2 N–H and O–H groups in total. The van der Waals surface area contributed by atoms with E-state index >= 15 is 0 Å². The Balaban J connectivity index is 2.97. The SMILES string of the molecule is C=CCC(N)c1cccc(C(F)(F)F)c1. The van der Waals surface area contributed by atoms with Crippen molar-refractivity contribution in [3.8, 4) is 0 Å². The number of hydrogen-bond acceptors (Lipinski definition) is 1. The molecule has 0 aliphatic carbocycles. The number of hydrogen-bond donors (Lipinski definition) is 1. The van der Waals surface area contributed by atoms with Crippen molar-refractivity contribution in [3.05, 3.63) is 48.0 Å². The molecule has 0 heterocycles. The second-order valence-electron chi connectivity index (χ2n) is 3.25. The molecule has 0 aliphatic heterocycles. The van der Waals surface area contributed by atoms with Gasteiger partial charge in [0.05, 0.1) is 5.56 Å². The Morgan fingerprint density at radius 1 is 1.40 bits per heavy atom. The summed E-state index contributed by atoms with van der Waals surface area (Å²) < 4.78 is 37.1. The maximum Gasteiger partial charge on any atom is 0.416 e. The molecular weight excluding hydrogens is 203 g/mol. The van der Waals surface area contributed by atoms with E-state index in [4.69, 9.17) is 5.73 Å². The lowest BCUT2D eigenvalue weighted by Crippen LogP contribution is -2.11. The van der Waals surface area contributed by atoms with Crippen molar-refractivity contribution in [2.24, 2.45) is 5.73 Å². The van der Waals surface area contributed by atoms with Crippen LogP contribution >= 0.6 is 0 Å². The fourth-order valence-corrected chi connectivity index (χ4v) is 1.26. The van der Waals surface area contributed by atoms with E-state index in [-0.39, 0.29) is 0 Å². The van der Waals surface area contributed by atoms with E-state index in [0.29, 0.717) is 12.0 Å². The maximum absolute atomic E-state index is 12.4. The first-order valence-corrected chi connectivity index (χ1v) is 4.49. The van der Waals surface area contributed by atoms with E-state index in [2.05, 4.69) is 6.58 Å². The predicted molar refractivity (Wildman–Crippen MR) is 53.2 cm³/mol. The van der Waals surface area contributed by atoms with Crippen molar-refractivity contribution in [2.45, 2.75) is 18.6 Å². The standard InChI is InChI=1S/C11H12F3N/c1-2-4-10(15)8-5-3-6-9(7-8)11(12,13)14/h2-3,5-7,10H,1,4,15H2. The molecule has 0 amide bonds. The van der Waals surface area contributed by atoms with Crippen LogP contribution in [0.3, 0.4) is 0 Å². The van der Waals surface area contributed by atoms with Crippen LogP contribution in [-0.4, -0.2) is 0 Å². The number of nitrogens with two attached hydrogens (primary N) is 1. The minimum atomic E-state index is -4.32. The summed E-state index contributed by atoms with van der Waals surface area (Å²) in [4.78, 5) is 0. The number of alkyl halides is 3. The Hall–Kier alpha value is -1.29. The third-order valence-corrected chi connectivity index (χ3v) is 2.06. The van der Waals surface area contributed by atoms with Gasteiger partial charge in [-0.3, -0.25) is 0 Å². The highest BCUT2D eigenvalue weighted by atomic mass is 19.4. The second kappa shape index (κ2) is 4.49. The second-order valence-corrected chi connectivity index (χ2v) is 3.25. The first kappa shape index (κ1) is 11.8. The van der Waals surface area contributed by atoms with Crippen LogP contribution in [0.15, 0.2) is 36.9 Å². The highest BCUT2D eigenvalue weighted by Crippen LogP contribution is 2.30. The van der Waals surface area contributed by atoms with Gasteiger partial charge in [0.1, 0.15) is 0 Å². The summed E-state index contributed by atoms with van der Waals surface area (Å²) >= 11 is 0. The molecule has 0 bridgehead atoms. The van der Waals surface area contributed by atoms with Crippen molar-refractivity contribution in [3.63, 3.8) is 0 Å². The van der Waals surface area contributed by atoms with Crippen LogP contribution < -0.4 is 5.73 Å². The van der Waals surface area contributed by atoms with E-state index in [9.17, 15) is 13.2 Å². The molecule has 1 rings (SSSR count). The number of halogens is 3. The van der Waals surface area contributed by atoms with Crippen LogP contribution in [0.25, 0.3) is 0 Å². The molecule has 0 radical (unpaired) electrons. The molecule has 0 aliphatic rings. The molecule has 0 spiro atoms. The van der Waals surface area contributed by atoms with Gasteiger partial charge in [-0.1, -0.05) is 18.2 Å². The van der Waals surface area contributed by atoms with Gasteiger partial charge >= 0.3 is 6.18 Å². The van der Waals surface area contributed by atoms with Gasteiger partial charge in [0.2, 0.25) is 0 Å². The fourth-order valence-electron chi connectivity index (χ4n) is 1.26. The van der Waals surface area contributed by atoms with Gasteiger partial charge in [-0.2, -0.15) is 13.2 Å². The Morgan fingerprint density at radius 3 is 2.60 bits per heavy atom. The molecule has 1 aromatic carbocycles. The van der Waals surface area contributed by atoms with E-state index in [1.54, 1.807) is 12.1 Å². The normalized spacial score (nSPS) is 13.6. The van der Waals surface area contributed by atoms with Crippen molar-refractivity contribution in [2.75, 3.05) is 0 Å². The average Bonchev–Trinajstić information content (AvgIpc) is 2.17. The van der Waals surface area contributed by atoms with Gasteiger partial charge < -0.3 is 5.73 Å². The Kier molecular flexibility index (Phi) is 3.52. The summed E-state index contributed by atoms with van der Waals surface area (Å²) in [5, 5.41) is 0. The Morgan fingerprint density at radius 2 is 2.07 bits per heavy atom. The monoisotopic (exact) mass is 215 g/mol. The van der Waals surface area contributed by atoms with E-state index in [1.165, 1.54) is 6.07 Å². The molecule has 1 unspecified atom stereocenters. The topological polar surface area (TPSA) is 26.0 Å². The van der Waals surface area contributed by atoms with Gasteiger partial charge in [-0.15, -0.1) is 6.58 Å². The maximum atomic E-state index is 12.4. The number of benzene rings is 1. The van der Waals surface area contributed by atoms with E-state index in [1.807, 2.05) is 0 Å². The van der Waals surface area contributed by atoms with Gasteiger partial charge in [0.25, 0.3) is 0 Å². The molecule has 1 aromatic rings. The lowest BCUT2D eigenvalue weighted by atomic mass is 10.0.